The molecular formula is C9H15N3O. The van der Waals surface area contributed by atoms with Crippen LogP contribution in [0.5, 0.6) is 0 Å². The van der Waals surface area contributed by atoms with Crippen molar-refractivity contribution in [2.75, 3.05) is 19.6 Å². The highest BCUT2D eigenvalue weighted by atomic mass is 16.1. The van der Waals surface area contributed by atoms with Gasteiger partial charge in [-0.2, -0.15) is 5.26 Å². The van der Waals surface area contributed by atoms with E-state index in [-0.39, 0.29) is 11.8 Å². The van der Waals surface area contributed by atoms with Crippen molar-refractivity contribution in [3.05, 3.63) is 0 Å². The van der Waals surface area contributed by atoms with Crippen LogP contribution in [0.2, 0.25) is 0 Å². The van der Waals surface area contributed by atoms with Crippen LogP contribution < -0.4 is 10.6 Å². The van der Waals surface area contributed by atoms with Crippen LogP contribution in [0.1, 0.15) is 19.3 Å². The summed E-state index contributed by atoms with van der Waals surface area (Å²) in [4.78, 5) is 11.4. The molecule has 1 rings (SSSR count). The van der Waals surface area contributed by atoms with E-state index < -0.39 is 0 Å². The minimum atomic E-state index is 0.0856. The quantitative estimate of drug-likeness (QED) is 0.603. The summed E-state index contributed by atoms with van der Waals surface area (Å²) >= 11 is 0. The van der Waals surface area contributed by atoms with Crippen LogP contribution in [-0.4, -0.2) is 25.5 Å². The molecule has 1 heterocycles. The number of hydrogen-bond donors (Lipinski definition) is 2. The fourth-order valence-corrected chi connectivity index (χ4v) is 1.46. The van der Waals surface area contributed by atoms with E-state index >= 15 is 0 Å². The number of carbonyl (C=O) groups is 1. The summed E-state index contributed by atoms with van der Waals surface area (Å²) in [7, 11) is 0. The van der Waals surface area contributed by atoms with Crippen molar-refractivity contribution in [3.8, 4) is 6.07 Å². The minimum Gasteiger partial charge on any atom is -0.355 e. The second-order valence-corrected chi connectivity index (χ2v) is 3.24. The number of nitrogens with one attached hydrogen (secondary N) is 2. The maximum Gasteiger partial charge on any atom is 0.224 e. The van der Waals surface area contributed by atoms with E-state index in [0.29, 0.717) is 13.0 Å². The van der Waals surface area contributed by atoms with Gasteiger partial charge < -0.3 is 10.6 Å². The predicted molar refractivity (Wildman–Crippen MR) is 48.8 cm³/mol. The Kier molecular flexibility index (Phi) is 4.27. The Morgan fingerprint density at radius 1 is 1.69 bits per heavy atom. The average molecular weight is 181 g/mol. The first-order chi connectivity index (χ1) is 6.34. The molecule has 1 atom stereocenters. The van der Waals surface area contributed by atoms with Crippen LogP contribution in [0.15, 0.2) is 0 Å². The number of hydrogen-bond acceptors (Lipinski definition) is 3. The van der Waals surface area contributed by atoms with Crippen molar-refractivity contribution >= 4 is 5.91 Å². The molecule has 1 fully saturated rings. The molecule has 1 unspecified atom stereocenters. The Labute approximate surface area is 78.3 Å². The maximum atomic E-state index is 11.4. The van der Waals surface area contributed by atoms with Gasteiger partial charge >= 0.3 is 0 Å². The monoisotopic (exact) mass is 181 g/mol. The molecule has 4 heteroatoms. The van der Waals surface area contributed by atoms with E-state index in [1.165, 1.54) is 0 Å². The molecule has 0 aromatic rings. The van der Waals surface area contributed by atoms with E-state index in [0.717, 1.165) is 25.9 Å². The highest BCUT2D eigenvalue weighted by Crippen LogP contribution is 2.09. The molecule has 13 heavy (non-hydrogen) atoms. The molecule has 1 saturated heterocycles. The van der Waals surface area contributed by atoms with E-state index in [9.17, 15) is 4.79 Å². The molecule has 1 aliphatic rings. The number of rotatable bonds is 3. The van der Waals surface area contributed by atoms with Crippen molar-refractivity contribution in [1.82, 2.24) is 10.6 Å². The lowest BCUT2D eigenvalue weighted by molar-refractivity contribution is -0.125. The van der Waals surface area contributed by atoms with Gasteiger partial charge in [-0.05, 0) is 19.4 Å². The number of carbonyl (C=O) groups excluding carboxylic acids is 1. The Bertz CT molecular complexity index is 203. The van der Waals surface area contributed by atoms with Crippen LogP contribution in [0.3, 0.4) is 0 Å². The highest BCUT2D eigenvalue weighted by molar-refractivity contribution is 5.78. The number of nitriles is 1. The average Bonchev–Trinajstić information content (AvgIpc) is 2.19. The van der Waals surface area contributed by atoms with Gasteiger partial charge in [-0.25, -0.2) is 0 Å². The zero-order valence-electron chi connectivity index (χ0n) is 7.68. The molecule has 0 aromatic carbocycles. The van der Waals surface area contributed by atoms with Gasteiger partial charge in [0, 0.05) is 13.1 Å². The SMILES string of the molecule is N#CCCNC(=O)C1CCCNC1. The summed E-state index contributed by atoms with van der Waals surface area (Å²) in [6, 6.07) is 2.00. The van der Waals surface area contributed by atoms with E-state index in [1.54, 1.807) is 0 Å². The lowest BCUT2D eigenvalue weighted by atomic mass is 9.99. The standard InChI is InChI=1S/C9H15N3O/c10-4-2-6-12-9(13)8-3-1-5-11-7-8/h8,11H,1-3,5-7H2,(H,12,13). The van der Waals surface area contributed by atoms with Gasteiger partial charge in [0.05, 0.1) is 18.4 Å². The number of piperidine rings is 1. The Hall–Kier alpha value is -1.08. The second kappa shape index (κ2) is 5.55. The van der Waals surface area contributed by atoms with E-state index in [4.69, 9.17) is 5.26 Å². The minimum absolute atomic E-state index is 0.0856. The number of nitrogens with zero attached hydrogens (tertiary/aromatic N) is 1. The molecule has 0 aromatic heterocycles. The third kappa shape index (κ3) is 3.43. The lowest BCUT2D eigenvalue weighted by Crippen LogP contribution is -2.40. The first-order valence-electron chi connectivity index (χ1n) is 4.70. The molecule has 0 aliphatic carbocycles. The Morgan fingerprint density at radius 2 is 2.54 bits per heavy atom. The normalized spacial score (nSPS) is 21.9. The zero-order valence-corrected chi connectivity index (χ0v) is 7.68. The molecule has 1 aliphatic heterocycles. The van der Waals surface area contributed by atoms with Crippen LogP contribution >= 0.6 is 0 Å². The summed E-state index contributed by atoms with van der Waals surface area (Å²) in [5.41, 5.74) is 0. The lowest BCUT2D eigenvalue weighted by Gasteiger charge is -2.21. The van der Waals surface area contributed by atoms with Gasteiger partial charge in [-0.1, -0.05) is 0 Å². The van der Waals surface area contributed by atoms with Gasteiger partial charge in [0.25, 0.3) is 0 Å². The fourth-order valence-electron chi connectivity index (χ4n) is 1.46. The Morgan fingerprint density at radius 3 is 3.15 bits per heavy atom. The van der Waals surface area contributed by atoms with Crippen molar-refractivity contribution in [1.29, 1.82) is 5.26 Å². The number of amides is 1. The van der Waals surface area contributed by atoms with Gasteiger partial charge in [0.1, 0.15) is 0 Å². The smallest absolute Gasteiger partial charge is 0.224 e. The molecule has 72 valence electrons. The summed E-state index contributed by atoms with van der Waals surface area (Å²) in [6.07, 6.45) is 2.42. The van der Waals surface area contributed by atoms with Crippen molar-refractivity contribution in [2.45, 2.75) is 19.3 Å². The highest BCUT2D eigenvalue weighted by Gasteiger charge is 2.19. The first kappa shape index (κ1) is 10.0. The largest absolute Gasteiger partial charge is 0.355 e. The third-order valence-electron chi connectivity index (χ3n) is 2.20. The van der Waals surface area contributed by atoms with Crippen LogP contribution in [0.4, 0.5) is 0 Å². The molecule has 0 bridgehead atoms. The van der Waals surface area contributed by atoms with Crippen molar-refractivity contribution in [2.24, 2.45) is 5.92 Å². The molecule has 4 nitrogen and oxygen atoms in total. The van der Waals surface area contributed by atoms with Gasteiger partial charge in [0.15, 0.2) is 0 Å². The molecular weight excluding hydrogens is 166 g/mol. The first-order valence-corrected chi connectivity index (χ1v) is 4.70. The zero-order chi connectivity index (χ0) is 9.52. The van der Waals surface area contributed by atoms with Gasteiger partial charge in [0.2, 0.25) is 5.91 Å². The van der Waals surface area contributed by atoms with E-state index in [2.05, 4.69) is 10.6 Å². The fraction of sp³-hybridized carbons (Fsp3) is 0.778. The molecule has 0 saturated carbocycles. The molecule has 0 radical (unpaired) electrons. The summed E-state index contributed by atoms with van der Waals surface area (Å²) < 4.78 is 0. The van der Waals surface area contributed by atoms with Gasteiger partial charge in [-0.15, -0.1) is 0 Å². The topological polar surface area (TPSA) is 64.9 Å². The molecule has 2 N–H and O–H groups in total. The maximum absolute atomic E-state index is 11.4. The molecule has 0 spiro atoms. The predicted octanol–water partition coefficient (Wildman–Crippen LogP) is 0.0159. The van der Waals surface area contributed by atoms with E-state index in [1.807, 2.05) is 6.07 Å². The molecule has 1 amide bonds. The third-order valence-corrected chi connectivity index (χ3v) is 2.20. The second-order valence-electron chi connectivity index (χ2n) is 3.24. The van der Waals surface area contributed by atoms with Crippen molar-refractivity contribution in [3.63, 3.8) is 0 Å². The van der Waals surface area contributed by atoms with Crippen LogP contribution in [-0.2, 0) is 4.79 Å². The summed E-state index contributed by atoms with van der Waals surface area (Å²) in [6.45, 7) is 2.27. The summed E-state index contributed by atoms with van der Waals surface area (Å²) in [5, 5.41) is 14.2. The van der Waals surface area contributed by atoms with Gasteiger partial charge in [-0.3, -0.25) is 4.79 Å². The van der Waals surface area contributed by atoms with Crippen LogP contribution in [0, 0.1) is 17.2 Å². The Balaban J connectivity index is 2.18. The van der Waals surface area contributed by atoms with Crippen molar-refractivity contribution < 1.29 is 4.79 Å². The van der Waals surface area contributed by atoms with Crippen LogP contribution in [0.25, 0.3) is 0 Å². The summed E-state index contributed by atoms with van der Waals surface area (Å²) in [5.74, 6) is 0.190.